The molecule has 0 saturated heterocycles. The molecule has 0 aromatic heterocycles. The Morgan fingerprint density at radius 2 is 1.97 bits per heavy atom. The fourth-order valence-corrected chi connectivity index (χ4v) is 7.28. The van der Waals surface area contributed by atoms with Crippen LogP contribution in [0.2, 0.25) is 0 Å². The molecule has 3 saturated carbocycles. The van der Waals surface area contributed by atoms with Crippen molar-refractivity contribution in [3.05, 3.63) is 23.6 Å². The van der Waals surface area contributed by atoms with E-state index in [2.05, 4.69) is 0 Å². The zero-order valence-corrected chi connectivity index (χ0v) is 18.5. The van der Waals surface area contributed by atoms with E-state index in [0.717, 1.165) is 6.08 Å². The predicted molar refractivity (Wildman–Crippen MR) is 108 cm³/mol. The second-order valence-electron chi connectivity index (χ2n) is 10.4. The number of hydrogen-bond acceptors (Lipinski definition) is 4. The Bertz CT molecular complexity index is 869. The Kier molecular flexibility index (Phi) is 5.23. The molecule has 7 heteroatoms. The number of rotatable bonds is 3. The first kappa shape index (κ1) is 22.6. The summed E-state index contributed by atoms with van der Waals surface area (Å²) in [5, 5.41) is 11.2. The molecule has 0 bridgehead atoms. The maximum atomic E-state index is 17.0. The molecule has 4 aliphatic rings. The standard InChI is InChI=1S/C24H31F3O4/c1-5-6-18(30)31-21-12(2)9-13-14-10-15(25)19-20(26)16(28)7-8-23(19,4)24(14,27)17(29)11-22(13,21)3/h7-8,12-15,17,21,29H,5-6,9-11H2,1-4H3/t12-,13-,14-,15-,17-,21+,22-,23-,24-/m0/s1. The van der Waals surface area contributed by atoms with E-state index >= 15 is 8.78 Å². The lowest BCUT2D eigenvalue weighted by molar-refractivity contribution is -0.212. The van der Waals surface area contributed by atoms with E-state index in [0.29, 0.717) is 12.8 Å². The maximum Gasteiger partial charge on any atom is 0.306 e. The molecule has 172 valence electrons. The topological polar surface area (TPSA) is 63.6 Å². The third kappa shape index (κ3) is 2.84. The first-order chi connectivity index (χ1) is 14.4. The first-order valence-electron chi connectivity index (χ1n) is 11.3. The first-order valence-corrected chi connectivity index (χ1v) is 11.3. The summed E-state index contributed by atoms with van der Waals surface area (Å²) < 4.78 is 52.8. The van der Waals surface area contributed by atoms with Gasteiger partial charge < -0.3 is 9.84 Å². The Balaban J connectivity index is 1.77. The molecule has 0 spiro atoms. The number of carbonyl (C=O) groups is 2. The van der Waals surface area contributed by atoms with Crippen LogP contribution in [0.5, 0.6) is 0 Å². The Labute approximate surface area is 180 Å². The van der Waals surface area contributed by atoms with Gasteiger partial charge in [0.15, 0.2) is 11.5 Å². The minimum absolute atomic E-state index is 0.0162. The molecule has 0 unspecified atom stereocenters. The van der Waals surface area contributed by atoms with Crippen LogP contribution < -0.4 is 0 Å². The van der Waals surface area contributed by atoms with Crippen molar-refractivity contribution in [1.82, 2.24) is 0 Å². The van der Waals surface area contributed by atoms with Gasteiger partial charge in [-0.1, -0.05) is 26.8 Å². The predicted octanol–water partition coefficient (Wildman–Crippen LogP) is 4.56. The van der Waals surface area contributed by atoms with Crippen molar-refractivity contribution in [2.45, 2.75) is 83.8 Å². The van der Waals surface area contributed by atoms with Gasteiger partial charge in [-0.2, -0.15) is 0 Å². The minimum atomic E-state index is -2.33. The highest BCUT2D eigenvalue weighted by molar-refractivity contribution is 6.04. The highest BCUT2D eigenvalue weighted by Gasteiger charge is 2.73. The van der Waals surface area contributed by atoms with Gasteiger partial charge in [-0.05, 0) is 50.5 Å². The lowest BCUT2D eigenvalue weighted by atomic mass is 9.45. The van der Waals surface area contributed by atoms with E-state index in [1.165, 1.54) is 13.0 Å². The number of fused-ring (bicyclic) bond motifs is 5. The van der Waals surface area contributed by atoms with Crippen LogP contribution in [0.3, 0.4) is 0 Å². The monoisotopic (exact) mass is 440 g/mol. The Morgan fingerprint density at radius 3 is 2.61 bits per heavy atom. The van der Waals surface area contributed by atoms with Gasteiger partial charge in [0.05, 0.1) is 6.10 Å². The number of ketones is 1. The average Bonchev–Trinajstić information content (AvgIpc) is 2.92. The van der Waals surface area contributed by atoms with Crippen molar-refractivity contribution >= 4 is 11.8 Å². The zero-order chi connectivity index (χ0) is 22.9. The molecule has 0 aromatic carbocycles. The van der Waals surface area contributed by atoms with Gasteiger partial charge in [-0.3, -0.25) is 9.59 Å². The number of carbonyl (C=O) groups excluding carboxylic acids is 2. The minimum Gasteiger partial charge on any atom is -0.461 e. The average molecular weight is 441 g/mol. The number of allylic oxidation sites excluding steroid dienone is 4. The van der Waals surface area contributed by atoms with E-state index in [1.807, 2.05) is 20.8 Å². The highest BCUT2D eigenvalue weighted by atomic mass is 19.2. The van der Waals surface area contributed by atoms with Gasteiger partial charge in [0.25, 0.3) is 0 Å². The smallest absolute Gasteiger partial charge is 0.306 e. The van der Waals surface area contributed by atoms with Gasteiger partial charge in [-0.25, -0.2) is 13.2 Å². The molecule has 0 amide bonds. The van der Waals surface area contributed by atoms with E-state index in [9.17, 15) is 19.1 Å². The summed E-state index contributed by atoms with van der Waals surface area (Å²) in [6.45, 7) is 7.08. The number of ether oxygens (including phenoxy) is 1. The number of alkyl halides is 2. The van der Waals surface area contributed by atoms with Crippen molar-refractivity contribution in [3.63, 3.8) is 0 Å². The summed E-state index contributed by atoms with van der Waals surface area (Å²) in [6, 6.07) is 0. The molecule has 0 aromatic rings. The summed E-state index contributed by atoms with van der Waals surface area (Å²) in [4.78, 5) is 24.1. The van der Waals surface area contributed by atoms with Gasteiger partial charge in [0.1, 0.15) is 12.3 Å². The summed E-state index contributed by atoms with van der Waals surface area (Å²) >= 11 is 0. The number of aliphatic hydroxyl groups is 1. The molecule has 4 rings (SSSR count). The lowest BCUT2D eigenvalue weighted by Gasteiger charge is -2.62. The van der Waals surface area contributed by atoms with E-state index in [-0.39, 0.29) is 37.1 Å². The number of halogens is 3. The largest absolute Gasteiger partial charge is 0.461 e. The van der Waals surface area contributed by atoms with E-state index in [1.54, 1.807) is 0 Å². The van der Waals surface area contributed by atoms with Gasteiger partial charge >= 0.3 is 5.97 Å². The SMILES string of the molecule is CCCC(=O)O[C@@H]1[C@@H](C)C[C@H]2[C@@H]3C[C@H](F)C4=C(F)C(=O)C=C[C@]4(C)[C@@]3(F)[C@@H](O)C[C@]12C. The highest BCUT2D eigenvalue weighted by Crippen LogP contribution is 2.69. The second-order valence-corrected chi connectivity index (χ2v) is 10.4. The molecule has 0 aliphatic heterocycles. The van der Waals surface area contributed by atoms with Crippen molar-refractivity contribution < 1.29 is 32.6 Å². The molecule has 4 aliphatic carbocycles. The van der Waals surface area contributed by atoms with Gasteiger partial charge in [0, 0.05) is 28.7 Å². The second kappa shape index (κ2) is 7.19. The van der Waals surface area contributed by atoms with Crippen LogP contribution in [0, 0.1) is 28.6 Å². The molecule has 9 atom stereocenters. The van der Waals surface area contributed by atoms with E-state index < -0.39 is 58.0 Å². The number of aliphatic hydroxyl groups excluding tert-OH is 1. The molecule has 0 radical (unpaired) electrons. The molecular weight excluding hydrogens is 409 g/mol. The molecule has 0 heterocycles. The molecule has 4 nitrogen and oxygen atoms in total. The molecule has 31 heavy (non-hydrogen) atoms. The van der Waals surface area contributed by atoms with Crippen molar-refractivity contribution in [2.24, 2.45) is 28.6 Å². The van der Waals surface area contributed by atoms with Gasteiger partial charge in [0.2, 0.25) is 5.78 Å². The number of esters is 1. The Morgan fingerprint density at radius 1 is 1.29 bits per heavy atom. The third-order valence-corrected chi connectivity index (χ3v) is 8.65. The summed E-state index contributed by atoms with van der Waals surface area (Å²) in [7, 11) is 0. The maximum absolute atomic E-state index is 17.0. The fourth-order valence-electron chi connectivity index (χ4n) is 7.28. The van der Waals surface area contributed by atoms with Crippen LogP contribution in [0.1, 0.15) is 59.8 Å². The van der Waals surface area contributed by atoms with Crippen molar-refractivity contribution in [3.8, 4) is 0 Å². The zero-order valence-electron chi connectivity index (χ0n) is 18.5. The molecule has 1 N–H and O–H groups in total. The van der Waals surface area contributed by atoms with Crippen LogP contribution in [0.15, 0.2) is 23.6 Å². The van der Waals surface area contributed by atoms with Crippen LogP contribution >= 0.6 is 0 Å². The summed E-state index contributed by atoms with van der Waals surface area (Å²) in [6.07, 6.45) is -0.508. The number of hydrogen-bond donors (Lipinski definition) is 1. The van der Waals surface area contributed by atoms with Gasteiger partial charge in [-0.15, -0.1) is 0 Å². The van der Waals surface area contributed by atoms with Crippen LogP contribution in [0.25, 0.3) is 0 Å². The van der Waals surface area contributed by atoms with Crippen LogP contribution in [-0.4, -0.2) is 40.9 Å². The Hall–Kier alpha value is -1.63. The molecule has 3 fully saturated rings. The lowest BCUT2D eigenvalue weighted by Crippen LogP contribution is -2.68. The van der Waals surface area contributed by atoms with Crippen LogP contribution in [0.4, 0.5) is 13.2 Å². The molecular formula is C24H31F3O4. The van der Waals surface area contributed by atoms with E-state index in [4.69, 9.17) is 4.74 Å². The normalized spacial score (nSPS) is 48.8. The quantitative estimate of drug-likeness (QED) is 0.654. The third-order valence-electron chi connectivity index (χ3n) is 8.65. The summed E-state index contributed by atoms with van der Waals surface area (Å²) in [5.41, 5.74) is -5.29. The van der Waals surface area contributed by atoms with Crippen molar-refractivity contribution in [1.29, 1.82) is 0 Å². The van der Waals surface area contributed by atoms with Crippen LogP contribution in [-0.2, 0) is 14.3 Å². The fraction of sp³-hybridized carbons (Fsp3) is 0.750. The van der Waals surface area contributed by atoms with Crippen molar-refractivity contribution in [2.75, 3.05) is 0 Å². The summed E-state index contributed by atoms with van der Waals surface area (Å²) in [5.74, 6) is -3.86.